The van der Waals surface area contributed by atoms with Crippen molar-refractivity contribution in [2.45, 2.75) is 19.9 Å². The monoisotopic (exact) mass is 285 g/mol. The van der Waals surface area contributed by atoms with E-state index < -0.39 is 0 Å². The lowest BCUT2D eigenvalue weighted by atomic mass is 10.2. The van der Waals surface area contributed by atoms with Crippen LogP contribution in [0.4, 0.5) is 0 Å². The van der Waals surface area contributed by atoms with E-state index in [2.05, 4.69) is 21.2 Å². The normalized spacial score (nSPS) is 11.9. The summed E-state index contributed by atoms with van der Waals surface area (Å²) in [4.78, 5) is 11.1. The second kappa shape index (κ2) is 6.53. The molecule has 16 heavy (non-hydrogen) atoms. The molecular formula is C12H16BrNO2. The minimum Gasteiger partial charge on any atom is -0.491 e. The van der Waals surface area contributed by atoms with Gasteiger partial charge >= 0.3 is 0 Å². The number of rotatable bonds is 5. The van der Waals surface area contributed by atoms with Gasteiger partial charge in [-0.05, 0) is 26.0 Å². The van der Waals surface area contributed by atoms with Gasteiger partial charge in [0.1, 0.15) is 12.4 Å². The summed E-state index contributed by atoms with van der Waals surface area (Å²) in [7, 11) is 0. The molecule has 1 amide bonds. The Morgan fingerprint density at radius 3 is 2.62 bits per heavy atom. The van der Waals surface area contributed by atoms with Crippen LogP contribution in [0.2, 0.25) is 0 Å². The van der Waals surface area contributed by atoms with E-state index in [9.17, 15) is 4.79 Å². The average molecular weight is 286 g/mol. The third kappa shape index (κ3) is 4.66. The maximum Gasteiger partial charge on any atom is 0.230 e. The van der Waals surface area contributed by atoms with Crippen LogP contribution >= 0.6 is 15.9 Å². The van der Waals surface area contributed by atoms with Gasteiger partial charge in [0, 0.05) is 0 Å². The topological polar surface area (TPSA) is 38.3 Å². The summed E-state index contributed by atoms with van der Waals surface area (Å²) in [6.45, 7) is 4.42. The van der Waals surface area contributed by atoms with Crippen LogP contribution in [0, 0.1) is 6.92 Å². The van der Waals surface area contributed by atoms with E-state index >= 15 is 0 Å². The zero-order chi connectivity index (χ0) is 12.0. The molecule has 0 heterocycles. The molecule has 1 aromatic carbocycles. The molecule has 1 unspecified atom stereocenters. The fourth-order valence-corrected chi connectivity index (χ4v) is 1.37. The van der Waals surface area contributed by atoms with Crippen molar-refractivity contribution < 1.29 is 9.53 Å². The number of carbonyl (C=O) groups is 1. The second-order valence-electron chi connectivity index (χ2n) is 3.73. The van der Waals surface area contributed by atoms with Crippen LogP contribution in [-0.2, 0) is 4.79 Å². The molecule has 0 aliphatic rings. The summed E-state index contributed by atoms with van der Waals surface area (Å²) >= 11 is 3.09. The van der Waals surface area contributed by atoms with Gasteiger partial charge in [-0.15, -0.1) is 0 Å². The molecular weight excluding hydrogens is 270 g/mol. The van der Waals surface area contributed by atoms with Crippen LogP contribution < -0.4 is 10.1 Å². The quantitative estimate of drug-likeness (QED) is 0.843. The first-order valence-corrected chi connectivity index (χ1v) is 6.28. The zero-order valence-electron chi connectivity index (χ0n) is 9.50. The van der Waals surface area contributed by atoms with Gasteiger partial charge in [-0.3, -0.25) is 4.79 Å². The van der Waals surface area contributed by atoms with Crippen LogP contribution in [0.25, 0.3) is 0 Å². The lowest BCUT2D eigenvalue weighted by Crippen LogP contribution is -2.37. The minimum absolute atomic E-state index is 0.00588. The summed E-state index contributed by atoms with van der Waals surface area (Å²) in [6.07, 6.45) is 0. The maximum absolute atomic E-state index is 11.1. The maximum atomic E-state index is 11.1. The van der Waals surface area contributed by atoms with E-state index in [0.29, 0.717) is 11.9 Å². The molecule has 0 bridgehead atoms. The van der Waals surface area contributed by atoms with Gasteiger partial charge < -0.3 is 10.1 Å². The highest BCUT2D eigenvalue weighted by atomic mass is 79.9. The zero-order valence-corrected chi connectivity index (χ0v) is 11.1. The molecule has 3 nitrogen and oxygen atoms in total. The minimum atomic E-state index is -0.0278. The van der Waals surface area contributed by atoms with E-state index in [0.717, 1.165) is 5.75 Å². The van der Waals surface area contributed by atoms with Crippen molar-refractivity contribution in [1.82, 2.24) is 5.32 Å². The van der Waals surface area contributed by atoms with Crippen molar-refractivity contribution in [3.63, 3.8) is 0 Å². The van der Waals surface area contributed by atoms with E-state index in [1.54, 1.807) is 0 Å². The first-order chi connectivity index (χ1) is 7.61. The number of aryl methyl sites for hydroxylation is 1. The molecule has 0 aliphatic heterocycles. The van der Waals surface area contributed by atoms with Crippen LogP contribution in [0.15, 0.2) is 24.3 Å². The van der Waals surface area contributed by atoms with Crippen molar-refractivity contribution >= 4 is 21.8 Å². The number of alkyl halides is 1. The van der Waals surface area contributed by atoms with Crippen LogP contribution in [0.1, 0.15) is 12.5 Å². The fraction of sp³-hybridized carbons (Fsp3) is 0.417. The first kappa shape index (κ1) is 13.0. The van der Waals surface area contributed by atoms with E-state index in [1.807, 2.05) is 38.1 Å². The van der Waals surface area contributed by atoms with Gasteiger partial charge in [-0.1, -0.05) is 33.6 Å². The number of amides is 1. The summed E-state index contributed by atoms with van der Waals surface area (Å²) in [6, 6.07) is 7.85. The molecule has 0 radical (unpaired) electrons. The number of hydrogen-bond donors (Lipinski definition) is 1. The first-order valence-electron chi connectivity index (χ1n) is 5.16. The van der Waals surface area contributed by atoms with Gasteiger partial charge in [-0.25, -0.2) is 0 Å². The second-order valence-corrected chi connectivity index (χ2v) is 4.29. The molecule has 1 rings (SSSR count). The summed E-state index contributed by atoms with van der Waals surface area (Å²) in [5.41, 5.74) is 1.20. The van der Waals surface area contributed by atoms with Gasteiger partial charge in [0.25, 0.3) is 0 Å². The SMILES string of the molecule is Cc1ccc(OCC(C)NC(=O)CBr)cc1. The Morgan fingerprint density at radius 1 is 1.44 bits per heavy atom. The third-order valence-corrected chi connectivity index (χ3v) is 2.56. The van der Waals surface area contributed by atoms with Gasteiger partial charge in [0.15, 0.2) is 0 Å². The van der Waals surface area contributed by atoms with E-state index in [-0.39, 0.29) is 11.9 Å². The molecule has 0 aromatic heterocycles. The molecule has 0 saturated carbocycles. The molecule has 0 aliphatic carbocycles. The molecule has 1 aromatic rings. The Balaban J connectivity index is 2.34. The Labute approximate surface area is 104 Å². The predicted molar refractivity (Wildman–Crippen MR) is 68.1 cm³/mol. The van der Waals surface area contributed by atoms with Crippen molar-refractivity contribution in [3.05, 3.63) is 29.8 Å². The lowest BCUT2D eigenvalue weighted by molar-refractivity contribution is -0.119. The van der Waals surface area contributed by atoms with E-state index in [1.165, 1.54) is 5.56 Å². The molecule has 0 fully saturated rings. The number of halogens is 1. The summed E-state index contributed by atoms with van der Waals surface area (Å²) < 4.78 is 5.54. The molecule has 0 saturated heterocycles. The Kier molecular flexibility index (Phi) is 5.32. The van der Waals surface area contributed by atoms with Gasteiger partial charge in [-0.2, -0.15) is 0 Å². The fourth-order valence-electron chi connectivity index (χ4n) is 1.21. The van der Waals surface area contributed by atoms with E-state index in [4.69, 9.17) is 4.74 Å². The summed E-state index contributed by atoms with van der Waals surface area (Å²) in [5.74, 6) is 0.797. The molecule has 4 heteroatoms. The molecule has 1 N–H and O–H groups in total. The predicted octanol–water partition coefficient (Wildman–Crippen LogP) is 2.27. The molecule has 0 spiro atoms. The lowest BCUT2D eigenvalue weighted by Gasteiger charge is -2.14. The van der Waals surface area contributed by atoms with Crippen molar-refractivity contribution in [2.75, 3.05) is 11.9 Å². The number of benzene rings is 1. The Bertz CT molecular complexity index is 337. The Morgan fingerprint density at radius 2 is 2.06 bits per heavy atom. The van der Waals surface area contributed by atoms with Crippen LogP contribution in [0.3, 0.4) is 0 Å². The van der Waals surface area contributed by atoms with Crippen molar-refractivity contribution in [2.24, 2.45) is 0 Å². The number of nitrogens with one attached hydrogen (secondary N) is 1. The number of ether oxygens (including phenoxy) is 1. The Hall–Kier alpha value is -1.03. The van der Waals surface area contributed by atoms with Gasteiger partial charge in [0.2, 0.25) is 5.91 Å². The van der Waals surface area contributed by atoms with Gasteiger partial charge in [0.05, 0.1) is 11.4 Å². The summed E-state index contributed by atoms with van der Waals surface area (Å²) in [5, 5.41) is 3.12. The molecule has 88 valence electrons. The van der Waals surface area contributed by atoms with Crippen LogP contribution in [-0.4, -0.2) is 23.9 Å². The van der Waals surface area contributed by atoms with Crippen molar-refractivity contribution in [3.8, 4) is 5.75 Å². The molecule has 1 atom stereocenters. The highest BCUT2D eigenvalue weighted by Gasteiger charge is 2.06. The smallest absolute Gasteiger partial charge is 0.230 e. The number of hydrogen-bond acceptors (Lipinski definition) is 2. The highest BCUT2D eigenvalue weighted by Crippen LogP contribution is 2.11. The third-order valence-electron chi connectivity index (χ3n) is 2.05. The van der Waals surface area contributed by atoms with Crippen LogP contribution in [0.5, 0.6) is 5.75 Å². The highest BCUT2D eigenvalue weighted by molar-refractivity contribution is 9.09. The van der Waals surface area contributed by atoms with Crippen molar-refractivity contribution in [1.29, 1.82) is 0 Å². The number of carbonyl (C=O) groups excluding carboxylic acids is 1. The average Bonchev–Trinajstić information content (AvgIpc) is 2.28. The largest absolute Gasteiger partial charge is 0.491 e. The standard InChI is InChI=1S/C12H16BrNO2/c1-9-3-5-11(6-4-9)16-8-10(2)14-12(15)7-13/h3-6,10H,7-8H2,1-2H3,(H,14,15).